The Morgan fingerprint density at radius 2 is 1.85 bits per heavy atom. The Labute approximate surface area is 193 Å². The standard InChI is InChI=1S/C24H29N3O6/c1-7-16-32-21(30)24(12-13-25-6)20(29)26(19(28)18-10-8-17(2)9-11-18)14-15-27(24)22(31)33-23(3,4)5/h7-11H,1,12-16H2,2-5H3. The zero-order valence-corrected chi connectivity index (χ0v) is 19.4. The molecule has 9 nitrogen and oxygen atoms in total. The molecular formula is C24H29N3O6. The number of hydrogen-bond donors (Lipinski definition) is 0. The molecule has 0 spiro atoms. The topological polar surface area (TPSA) is 97.6 Å². The molecule has 1 aromatic rings. The average Bonchev–Trinajstić information content (AvgIpc) is 2.75. The quantitative estimate of drug-likeness (QED) is 0.215. The van der Waals surface area contributed by atoms with Crippen LogP contribution in [0.5, 0.6) is 0 Å². The number of esters is 1. The summed E-state index contributed by atoms with van der Waals surface area (Å²) in [5.41, 5.74) is -1.91. The fourth-order valence-electron chi connectivity index (χ4n) is 3.45. The summed E-state index contributed by atoms with van der Waals surface area (Å²) >= 11 is 0. The van der Waals surface area contributed by atoms with E-state index in [1.807, 2.05) is 6.92 Å². The van der Waals surface area contributed by atoms with Crippen molar-refractivity contribution in [1.29, 1.82) is 0 Å². The fourth-order valence-corrected chi connectivity index (χ4v) is 3.45. The molecule has 0 aromatic heterocycles. The van der Waals surface area contributed by atoms with Gasteiger partial charge in [0.2, 0.25) is 12.1 Å². The second-order valence-corrected chi connectivity index (χ2v) is 8.64. The fraction of sp³-hybridized carbons (Fsp3) is 0.458. The Morgan fingerprint density at radius 3 is 2.39 bits per heavy atom. The van der Waals surface area contributed by atoms with Gasteiger partial charge in [-0.05, 0) is 39.8 Å². The molecule has 33 heavy (non-hydrogen) atoms. The van der Waals surface area contributed by atoms with Crippen molar-refractivity contribution in [2.24, 2.45) is 0 Å². The van der Waals surface area contributed by atoms with E-state index in [4.69, 9.17) is 16.0 Å². The first kappa shape index (κ1) is 25.6. The van der Waals surface area contributed by atoms with E-state index in [1.54, 1.807) is 45.0 Å². The highest BCUT2D eigenvalue weighted by atomic mass is 16.6. The molecule has 1 aromatic carbocycles. The second-order valence-electron chi connectivity index (χ2n) is 8.64. The number of imide groups is 1. The third-order valence-electron chi connectivity index (χ3n) is 5.02. The number of rotatable bonds is 6. The summed E-state index contributed by atoms with van der Waals surface area (Å²) in [5, 5.41) is 0. The molecule has 0 bridgehead atoms. The van der Waals surface area contributed by atoms with Crippen LogP contribution in [0.2, 0.25) is 0 Å². The van der Waals surface area contributed by atoms with Gasteiger partial charge in [0, 0.05) is 18.7 Å². The van der Waals surface area contributed by atoms with Crippen LogP contribution in [-0.2, 0) is 19.1 Å². The van der Waals surface area contributed by atoms with E-state index in [2.05, 4.69) is 11.4 Å². The molecule has 1 unspecified atom stereocenters. The molecule has 1 aliphatic heterocycles. The van der Waals surface area contributed by atoms with Crippen LogP contribution in [0, 0.1) is 13.5 Å². The lowest BCUT2D eigenvalue weighted by Crippen LogP contribution is -2.72. The normalized spacial score (nSPS) is 18.3. The number of nitrogens with zero attached hydrogens (tertiary/aromatic N) is 3. The zero-order valence-electron chi connectivity index (χ0n) is 19.4. The molecule has 1 saturated heterocycles. The largest absolute Gasteiger partial charge is 0.459 e. The first-order valence-corrected chi connectivity index (χ1v) is 10.5. The molecule has 0 aliphatic carbocycles. The van der Waals surface area contributed by atoms with Crippen molar-refractivity contribution in [3.63, 3.8) is 0 Å². The van der Waals surface area contributed by atoms with Gasteiger partial charge in [-0.3, -0.25) is 19.4 Å². The zero-order chi connectivity index (χ0) is 24.8. The Kier molecular flexibility index (Phi) is 7.99. The summed E-state index contributed by atoms with van der Waals surface area (Å²) in [7, 11) is 0. The molecule has 3 amide bonds. The number of amides is 3. The maximum absolute atomic E-state index is 13.7. The first-order valence-electron chi connectivity index (χ1n) is 10.5. The van der Waals surface area contributed by atoms with Crippen LogP contribution in [0.4, 0.5) is 4.79 Å². The summed E-state index contributed by atoms with van der Waals surface area (Å²) in [6, 6.07) is 6.64. The molecule has 1 aliphatic rings. The highest BCUT2D eigenvalue weighted by Gasteiger charge is 2.60. The molecule has 2 rings (SSSR count). The van der Waals surface area contributed by atoms with E-state index in [9.17, 15) is 19.2 Å². The lowest BCUT2D eigenvalue weighted by atomic mass is 9.88. The van der Waals surface area contributed by atoms with Crippen LogP contribution in [0.15, 0.2) is 36.9 Å². The summed E-state index contributed by atoms with van der Waals surface area (Å²) in [6.45, 7) is 16.8. The smallest absolute Gasteiger partial charge is 0.411 e. The van der Waals surface area contributed by atoms with Crippen molar-refractivity contribution >= 4 is 23.9 Å². The Hall–Kier alpha value is -3.67. The van der Waals surface area contributed by atoms with Crippen molar-refractivity contribution in [2.75, 3.05) is 26.2 Å². The molecule has 1 atom stereocenters. The minimum absolute atomic E-state index is 0.140. The summed E-state index contributed by atoms with van der Waals surface area (Å²) in [4.78, 5) is 58.4. The molecule has 1 heterocycles. The van der Waals surface area contributed by atoms with Gasteiger partial charge in [-0.1, -0.05) is 30.4 Å². The van der Waals surface area contributed by atoms with Gasteiger partial charge in [0.15, 0.2) is 0 Å². The van der Waals surface area contributed by atoms with Crippen LogP contribution < -0.4 is 0 Å². The van der Waals surface area contributed by atoms with E-state index < -0.39 is 35.0 Å². The summed E-state index contributed by atoms with van der Waals surface area (Å²) < 4.78 is 10.6. The number of piperazine rings is 1. The van der Waals surface area contributed by atoms with E-state index in [1.165, 1.54) is 6.08 Å². The maximum Gasteiger partial charge on any atom is 0.411 e. The Morgan fingerprint density at radius 1 is 1.21 bits per heavy atom. The Balaban J connectivity index is 2.56. The van der Waals surface area contributed by atoms with Gasteiger partial charge in [-0.2, -0.15) is 0 Å². The van der Waals surface area contributed by atoms with E-state index in [0.717, 1.165) is 15.4 Å². The molecule has 176 valence electrons. The summed E-state index contributed by atoms with van der Waals surface area (Å²) in [5.74, 6) is -2.57. The van der Waals surface area contributed by atoms with Gasteiger partial charge in [0.25, 0.3) is 11.8 Å². The first-order chi connectivity index (χ1) is 15.5. The van der Waals surface area contributed by atoms with E-state index in [0.29, 0.717) is 0 Å². The lowest BCUT2D eigenvalue weighted by Gasteiger charge is -2.46. The van der Waals surface area contributed by atoms with Gasteiger partial charge in [0.05, 0.1) is 6.42 Å². The van der Waals surface area contributed by atoms with Gasteiger partial charge < -0.3 is 14.3 Å². The second kappa shape index (κ2) is 10.3. The SMILES string of the molecule is [C-]#[N+]CCC1(C(=O)OCC=C)C(=O)N(C(=O)c2ccc(C)cc2)CCN1C(=O)OC(C)(C)C. The van der Waals surface area contributed by atoms with Crippen molar-refractivity contribution in [1.82, 2.24) is 9.80 Å². The van der Waals surface area contributed by atoms with Crippen LogP contribution in [0.1, 0.15) is 43.1 Å². The molecule has 0 radical (unpaired) electrons. The van der Waals surface area contributed by atoms with Gasteiger partial charge in [-0.15, -0.1) is 0 Å². The minimum Gasteiger partial charge on any atom is -0.459 e. The molecular weight excluding hydrogens is 426 g/mol. The number of carbonyl (C=O) groups excluding carboxylic acids is 4. The van der Waals surface area contributed by atoms with Crippen molar-refractivity contribution in [3.05, 3.63) is 59.5 Å². The third-order valence-corrected chi connectivity index (χ3v) is 5.02. The van der Waals surface area contributed by atoms with E-state index >= 15 is 0 Å². The molecule has 1 fully saturated rings. The van der Waals surface area contributed by atoms with Gasteiger partial charge >= 0.3 is 12.1 Å². The number of aryl methyl sites for hydroxylation is 1. The predicted octanol–water partition coefficient (Wildman–Crippen LogP) is 2.99. The van der Waals surface area contributed by atoms with Gasteiger partial charge in [-0.25, -0.2) is 16.2 Å². The minimum atomic E-state index is -2.21. The van der Waals surface area contributed by atoms with E-state index in [-0.39, 0.29) is 38.2 Å². The van der Waals surface area contributed by atoms with Crippen molar-refractivity contribution in [2.45, 2.75) is 45.3 Å². The van der Waals surface area contributed by atoms with Crippen LogP contribution in [-0.4, -0.2) is 71.1 Å². The third kappa shape index (κ3) is 5.58. The molecule has 9 heteroatoms. The molecule has 0 saturated carbocycles. The van der Waals surface area contributed by atoms with Gasteiger partial charge in [0.1, 0.15) is 12.2 Å². The van der Waals surface area contributed by atoms with Crippen LogP contribution >= 0.6 is 0 Å². The monoisotopic (exact) mass is 455 g/mol. The molecule has 0 N–H and O–H groups in total. The number of hydrogen-bond acceptors (Lipinski definition) is 6. The lowest BCUT2D eigenvalue weighted by molar-refractivity contribution is -0.170. The van der Waals surface area contributed by atoms with Crippen LogP contribution in [0.25, 0.3) is 4.85 Å². The Bertz CT molecular complexity index is 973. The average molecular weight is 456 g/mol. The van der Waals surface area contributed by atoms with Crippen LogP contribution in [0.3, 0.4) is 0 Å². The number of carbonyl (C=O) groups is 4. The number of benzene rings is 1. The highest BCUT2D eigenvalue weighted by molar-refractivity contribution is 6.17. The highest BCUT2D eigenvalue weighted by Crippen LogP contribution is 2.32. The van der Waals surface area contributed by atoms with Crippen molar-refractivity contribution in [3.8, 4) is 0 Å². The van der Waals surface area contributed by atoms with Crippen molar-refractivity contribution < 1.29 is 28.7 Å². The maximum atomic E-state index is 13.7. The predicted molar refractivity (Wildman–Crippen MR) is 120 cm³/mol. The number of ether oxygens (including phenoxy) is 2. The summed E-state index contributed by atoms with van der Waals surface area (Å²) in [6.07, 6.45) is 0.0714.